The quantitative estimate of drug-likeness (QED) is 0.313. The molecule has 0 spiro atoms. The summed E-state index contributed by atoms with van der Waals surface area (Å²) in [5.41, 5.74) is 1.53. The highest BCUT2D eigenvalue weighted by Crippen LogP contribution is 2.38. The molecule has 0 atom stereocenters. The van der Waals surface area contributed by atoms with Crippen LogP contribution in [0.25, 0.3) is 21.7 Å². The van der Waals surface area contributed by atoms with Crippen LogP contribution in [0.15, 0.2) is 71.6 Å². The van der Waals surface area contributed by atoms with E-state index in [1.165, 1.54) is 29.5 Å². The van der Waals surface area contributed by atoms with Crippen LogP contribution in [0.4, 0.5) is 4.39 Å². The summed E-state index contributed by atoms with van der Waals surface area (Å²) in [6.45, 7) is 0.310. The largest absolute Gasteiger partial charge is 0.493 e. The van der Waals surface area contributed by atoms with Crippen LogP contribution >= 0.6 is 34.5 Å². The highest BCUT2D eigenvalue weighted by atomic mass is 35.5. The summed E-state index contributed by atoms with van der Waals surface area (Å²) in [5.74, 6) is 0.138. The van der Waals surface area contributed by atoms with Gasteiger partial charge in [-0.3, -0.25) is 0 Å². The zero-order chi connectivity index (χ0) is 23.6. The van der Waals surface area contributed by atoms with E-state index in [2.05, 4.69) is 4.98 Å². The van der Waals surface area contributed by atoms with Crippen LogP contribution in [0, 0.1) is 5.82 Å². The molecule has 10 heteroatoms. The van der Waals surface area contributed by atoms with Crippen LogP contribution in [-0.2, 0) is 16.4 Å². The van der Waals surface area contributed by atoms with E-state index in [4.69, 9.17) is 33.1 Å². The predicted octanol–water partition coefficient (Wildman–Crippen LogP) is 6.19. The number of benzene rings is 3. The van der Waals surface area contributed by atoms with Gasteiger partial charge in [0.1, 0.15) is 11.6 Å². The van der Waals surface area contributed by atoms with Gasteiger partial charge in [-0.15, -0.1) is 11.3 Å². The number of hydrogen-bond acceptors (Lipinski definition) is 5. The number of ether oxygens (including phenoxy) is 1. The minimum Gasteiger partial charge on any atom is -0.493 e. The fraction of sp³-hybridized carbons (Fsp3) is 0.0870. The second-order valence-electron chi connectivity index (χ2n) is 7.04. The molecule has 0 unspecified atom stereocenters. The lowest BCUT2D eigenvalue weighted by molar-refractivity contribution is 0.322. The van der Waals surface area contributed by atoms with Gasteiger partial charge in [0.05, 0.1) is 27.1 Å². The van der Waals surface area contributed by atoms with E-state index in [1.807, 2.05) is 0 Å². The number of rotatable bonds is 7. The molecule has 0 saturated carbocycles. The first-order valence-electron chi connectivity index (χ1n) is 9.67. The van der Waals surface area contributed by atoms with Crippen LogP contribution in [0.1, 0.15) is 5.01 Å². The summed E-state index contributed by atoms with van der Waals surface area (Å²) in [5, 5.41) is 6.87. The Kier molecular flexibility index (Phi) is 7.02. The van der Waals surface area contributed by atoms with Crippen molar-refractivity contribution in [1.29, 1.82) is 0 Å². The third-order valence-electron chi connectivity index (χ3n) is 4.67. The molecule has 1 heterocycles. The Bertz CT molecular complexity index is 1390. The molecule has 170 valence electrons. The fourth-order valence-corrected chi connectivity index (χ4v) is 5.25. The topological polar surface area (TPSA) is 82.3 Å². The first kappa shape index (κ1) is 23.7. The van der Waals surface area contributed by atoms with Crippen LogP contribution in [0.2, 0.25) is 10.0 Å². The molecule has 5 nitrogen and oxygen atoms in total. The van der Waals surface area contributed by atoms with Gasteiger partial charge in [0, 0.05) is 22.0 Å². The normalized spacial score (nSPS) is 11.5. The third-order valence-corrected chi connectivity index (χ3v) is 7.20. The van der Waals surface area contributed by atoms with Gasteiger partial charge in [0.15, 0.2) is 0 Å². The van der Waals surface area contributed by atoms with Gasteiger partial charge >= 0.3 is 0 Å². The van der Waals surface area contributed by atoms with Crippen molar-refractivity contribution < 1.29 is 17.5 Å². The molecule has 1 aromatic heterocycles. The van der Waals surface area contributed by atoms with Gasteiger partial charge in [0.25, 0.3) is 0 Å². The van der Waals surface area contributed by atoms with Crippen molar-refractivity contribution in [2.24, 2.45) is 5.14 Å². The van der Waals surface area contributed by atoms with E-state index in [-0.39, 0.29) is 4.90 Å². The van der Waals surface area contributed by atoms with Crippen molar-refractivity contribution in [2.45, 2.75) is 11.3 Å². The van der Waals surface area contributed by atoms with Crippen molar-refractivity contribution in [1.82, 2.24) is 4.98 Å². The molecule has 0 aliphatic rings. The number of halogens is 3. The van der Waals surface area contributed by atoms with E-state index >= 15 is 0 Å². The molecule has 3 aromatic carbocycles. The summed E-state index contributed by atoms with van der Waals surface area (Å²) in [7, 11) is -3.82. The Hall–Kier alpha value is -2.49. The molecule has 2 N–H and O–H groups in total. The zero-order valence-corrected chi connectivity index (χ0v) is 20.1. The predicted molar refractivity (Wildman–Crippen MR) is 130 cm³/mol. The maximum atomic E-state index is 14.6. The standard InChI is InChI=1S/C23H17Cl2FN2O3S2/c24-15-11-16(25)13-17(12-15)31-10-9-21-28-22(19-3-1-2-4-20(19)26)23(32-21)14-5-7-18(8-6-14)33(27,29)30/h1-8,11-13H,9-10H2,(H2,27,29,30). The van der Waals surface area contributed by atoms with Gasteiger partial charge in [0.2, 0.25) is 10.0 Å². The number of nitrogens with zero attached hydrogens (tertiary/aromatic N) is 1. The van der Waals surface area contributed by atoms with Crippen LogP contribution < -0.4 is 9.88 Å². The maximum Gasteiger partial charge on any atom is 0.238 e. The molecule has 0 radical (unpaired) electrons. The fourth-order valence-electron chi connectivity index (χ4n) is 3.17. The molecular formula is C23H17Cl2FN2O3S2. The lowest BCUT2D eigenvalue weighted by atomic mass is 10.1. The van der Waals surface area contributed by atoms with E-state index in [9.17, 15) is 12.8 Å². The minimum atomic E-state index is -3.82. The smallest absolute Gasteiger partial charge is 0.238 e. The van der Waals surface area contributed by atoms with Crippen LogP contribution in [-0.4, -0.2) is 20.0 Å². The van der Waals surface area contributed by atoms with Gasteiger partial charge in [-0.05, 0) is 48.0 Å². The molecule has 0 fully saturated rings. The Morgan fingerprint density at radius 2 is 1.67 bits per heavy atom. The number of aromatic nitrogens is 1. The van der Waals surface area contributed by atoms with E-state index in [1.54, 1.807) is 48.5 Å². The highest BCUT2D eigenvalue weighted by molar-refractivity contribution is 7.89. The van der Waals surface area contributed by atoms with Crippen LogP contribution in [0.5, 0.6) is 5.75 Å². The SMILES string of the molecule is NS(=O)(=O)c1ccc(-c2sc(CCOc3cc(Cl)cc(Cl)c3)nc2-c2ccccc2F)cc1. The summed E-state index contributed by atoms with van der Waals surface area (Å²) < 4.78 is 43.5. The molecule has 33 heavy (non-hydrogen) atoms. The third kappa shape index (κ3) is 5.72. The van der Waals surface area contributed by atoms with E-state index in [0.29, 0.717) is 50.5 Å². The Labute approximate surface area is 204 Å². The van der Waals surface area contributed by atoms with Crippen molar-refractivity contribution in [3.05, 3.63) is 87.6 Å². The van der Waals surface area contributed by atoms with E-state index in [0.717, 1.165) is 5.01 Å². The minimum absolute atomic E-state index is 0.00277. The number of thiazole rings is 1. The van der Waals surface area contributed by atoms with Gasteiger partial charge in [-0.2, -0.15) is 0 Å². The second-order valence-corrected chi connectivity index (χ2v) is 10.6. The summed E-state index contributed by atoms with van der Waals surface area (Å²) >= 11 is 13.4. The molecular weight excluding hydrogens is 506 g/mol. The lowest BCUT2D eigenvalue weighted by Crippen LogP contribution is -2.11. The molecule has 4 rings (SSSR count). The Morgan fingerprint density at radius 3 is 2.30 bits per heavy atom. The Morgan fingerprint density at radius 1 is 1.00 bits per heavy atom. The summed E-state index contributed by atoms with van der Waals surface area (Å²) in [6, 6.07) is 17.4. The first-order valence-corrected chi connectivity index (χ1v) is 12.8. The molecule has 0 bridgehead atoms. The van der Waals surface area contributed by atoms with Crippen LogP contribution in [0.3, 0.4) is 0 Å². The van der Waals surface area contributed by atoms with E-state index < -0.39 is 15.8 Å². The zero-order valence-electron chi connectivity index (χ0n) is 17.0. The number of nitrogens with two attached hydrogens (primary N) is 1. The average molecular weight is 523 g/mol. The van der Waals surface area contributed by atoms with Gasteiger partial charge in [-0.25, -0.2) is 22.9 Å². The molecule has 0 saturated heterocycles. The van der Waals surface area contributed by atoms with Crippen molar-refractivity contribution in [3.63, 3.8) is 0 Å². The second kappa shape index (κ2) is 9.79. The van der Waals surface area contributed by atoms with Gasteiger partial charge < -0.3 is 4.74 Å². The summed E-state index contributed by atoms with van der Waals surface area (Å²) in [4.78, 5) is 5.37. The van der Waals surface area contributed by atoms with Crippen molar-refractivity contribution >= 4 is 44.6 Å². The molecule has 0 amide bonds. The summed E-state index contributed by atoms with van der Waals surface area (Å²) in [6.07, 6.45) is 0.464. The maximum absolute atomic E-state index is 14.6. The monoisotopic (exact) mass is 522 g/mol. The first-order chi connectivity index (χ1) is 15.7. The number of primary sulfonamides is 1. The molecule has 0 aliphatic heterocycles. The highest BCUT2D eigenvalue weighted by Gasteiger charge is 2.18. The van der Waals surface area contributed by atoms with Crippen molar-refractivity contribution in [3.8, 4) is 27.4 Å². The lowest BCUT2D eigenvalue weighted by Gasteiger charge is -2.05. The number of hydrogen-bond donors (Lipinski definition) is 1. The Balaban J connectivity index is 1.64. The average Bonchev–Trinajstić information content (AvgIpc) is 3.17. The molecule has 4 aromatic rings. The molecule has 0 aliphatic carbocycles. The number of sulfonamides is 1. The van der Waals surface area contributed by atoms with Crippen molar-refractivity contribution in [2.75, 3.05) is 6.61 Å². The van der Waals surface area contributed by atoms with Gasteiger partial charge in [-0.1, -0.05) is 47.5 Å².